The van der Waals surface area contributed by atoms with Gasteiger partial charge in [-0.3, -0.25) is 15.1 Å². The summed E-state index contributed by atoms with van der Waals surface area (Å²) in [4.78, 5) is 18.9. The molecule has 1 saturated heterocycles. The number of benzene rings is 3. The third kappa shape index (κ3) is 5.61. The predicted molar refractivity (Wildman–Crippen MR) is 163 cm³/mol. The fraction of sp³-hybridized carbons (Fsp3) is 0.0667. The number of halogens is 2. The molecule has 2 atom stereocenters. The Labute approximate surface area is 252 Å². The molecule has 0 amide bonds. The number of aromatic nitrogens is 1. The second-order valence-electron chi connectivity index (χ2n) is 9.17. The zero-order chi connectivity index (χ0) is 28.5. The second kappa shape index (κ2) is 11.4. The quantitative estimate of drug-likeness (QED) is 0.107. The average molecular weight is 648 g/mol. The number of furan rings is 1. The molecule has 3 aromatic carbocycles. The molecule has 3 heterocycles. The van der Waals surface area contributed by atoms with Crippen LogP contribution in [-0.4, -0.2) is 15.0 Å². The number of nitrogens with zero attached hydrogens (tertiary/aromatic N) is 3. The lowest BCUT2D eigenvalue weighted by molar-refractivity contribution is -0.384. The summed E-state index contributed by atoms with van der Waals surface area (Å²) in [5.74, 6) is 0.631. The Kier molecular flexibility index (Phi) is 7.57. The van der Waals surface area contributed by atoms with Crippen molar-refractivity contribution in [1.82, 2.24) is 10.3 Å². The van der Waals surface area contributed by atoms with Crippen molar-refractivity contribution in [2.24, 2.45) is 0 Å². The van der Waals surface area contributed by atoms with Gasteiger partial charge in [-0.15, -0.1) is 0 Å². The van der Waals surface area contributed by atoms with Crippen molar-refractivity contribution in [2.75, 3.05) is 4.90 Å². The molecule has 5 aromatic rings. The van der Waals surface area contributed by atoms with Crippen molar-refractivity contribution in [3.8, 4) is 11.3 Å². The minimum atomic E-state index is -0.414. The number of nitro benzene ring substituents is 1. The van der Waals surface area contributed by atoms with Gasteiger partial charge in [-0.1, -0.05) is 33.8 Å². The van der Waals surface area contributed by atoms with Crippen LogP contribution in [-0.2, 0) is 0 Å². The Morgan fingerprint density at radius 1 is 1.00 bits per heavy atom. The number of pyridine rings is 1. The molecule has 7 nitrogen and oxygen atoms in total. The van der Waals surface area contributed by atoms with Crippen LogP contribution < -0.4 is 10.2 Å². The van der Waals surface area contributed by atoms with Crippen molar-refractivity contribution in [2.45, 2.75) is 21.9 Å². The van der Waals surface area contributed by atoms with Gasteiger partial charge < -0.3 is 14.6 Å². The molecule has 0 aliphatic carbocycles. The maximum absolute atomic E-state index is 14.7. The number of hydrogen-bond donors (Lipinski definition) is 1. The summed E-state index contributed by atoms with van der Waals surface area (Å²) in [6.45, 7) is 0. The van der Waals surface area contributed by atoms with E-state index in [4.69, 9.17) is 16.6 Å². The highest BCUT2D eigenvalue weighted by molar-refractivity contribution is 9.10. The lowest BCUT2D eigenvalue weighted by Crippen LogP contribution is -2.29. The van der Waals surface area contributed by atoms with E-state index < -0.39 is 11.0 Å². The molecule has 204 valence electrons. The summed E-state index contributed by atoms with van der Waals surface area (Å²) in [5.41, 5.74) is 2.05. The van der Waals surface area contributed by atoms with E-state index in [2.05, 4.69) is 26.2 Å². The minimum Gasteiger partial charge on any atom is -0.459 e. The van der Waals surface area contributed by atoms with Crippen molar-refractivity contribution >= 4 is 56.4 Å². The van der Waals surface area contributed by atoms with Crippen LogP contribution in [0, 0.1) is 15.9 Å². The number of thiocarbonyl (C=S) groups is 1. The number of anilines is 1. The fourth-order valence-electron chi connectivity index (χ4n) is 4.71. The van der Waals surface area contributed by atoms with Crippen LogP contribution in [0.15, 0.2) is 122 Å². The predicted octanol–water partition coefficient (Wildman–Crippen LogP) is 8.48. The van der Waals surface area contributed by atoms with Crippen LogP contribution in [0.25, 0.3) is 11.3 Å². The van der Waals surface area contributed by atoms with Crippen molar-refractivity contribution in [3.05, 3.63) is 135 Å². The summed E-state index contributed by atoms with van der Waals surface area (Å²) in [5, 5.41) is 14.9. The van der Waals surface area contributed by atoms with Crippen LogP contribution in [0.5, 0.6) is 0 Å². The van der Waals surface area contributed by atoms with Crippen LogP contribution in [0.2, 0.25) is 0 Å². The van der Waals surface area contributed by atoms with E-state index in [0.717, 1.165) is 21.2 Å². The molecule has 1 aliphatic heterocycles. The monoisotopic (exact) mass is 646 g/mol. The molecule has 0 spiro atoms. The molecule has 0 unspecified atom stereocenters. The molecular weight excluding hydrogens is 627 g/mol. The van der Waals surface area contributed by atoms with Crippen molar-refractivity contribution in [3.63, 3.8) is 0 Å². The van der Waals surface area contributed by atoms with Gasteiger partial charge in [0.25, 0.3) is 5.69 Å². The van der Waals surface area contributed by atoms with Crippen LogP contribution in [0.4, 0.5) is 15.8 Å². The van der Waals surface area contributed by atoms with Gasteiger partial charge in [-0.25, -0.2) is 4.39 Å². The van der Waals surface area contributed by atoms with Gasteiger partial charge in [0, 0.05) is 38.3 Å². The van der Waals surface area contributed by atoms with Crippen molar-refractivity contribution < 1.29 is 13.7 Å². The van der Waals surface area contributed by atoms with Crippen LogP contribution in [0.3, 0.4) is 0 Å². The first-order valence-corrected chi connectivity index (χ1v) is 14.5. The highest BCUT2D eigenvalue weighted by Crippen LogP contribution is 2.43. The molecule has 11 heteroatoms. The highest BCUT2D eigenvalue weighted by Gasteiger charge is 2.42. The zero-order valence-corrected chi connectivity index (χ0v) is 24.3. The molecule has 1 fully saturated rings. The normalized spacial score (nSPS) is 16.5. The molecule has 0 saturated carbocycles. The van der Waals surface area contributed by atoms with Gasteiger partial charge in [-0.2, -0.15) is 0 Å². The number of non-ortho nitro benzene ring substituents is 1. The fourth-order valence-corrected chi connectivity index (χ4v) is 6.21. The number of rotatable bonds is 7. The minimum absolute atomic E-state index is 0.0530. The van der Waals surface area contributed by atoms with Crippen LogP contribution >= 0.6 is 39.9 Å². The van der Waals surface area contributed by atoms with E-state index in [1.807, 2.05) is 53.4 Å². The van der Waals surface area contributed by atoms with Gasteiger partial charge in [-0.05, 0) is 91.1 Å². The Morgan fingerprint density at radius 3 is 2.39 bits per heavy atom. The largest absolute Gasteiger partial charge is 0.459 e. The summed E-state index contributed by atoms with van der Waals surface area (Å²) in [6, 6.07) is 27.8. The zero-order valence-electron chi connectivity index (χ0n) is 21.1. The summed E-state index contributed by atoms with van der Waals surface area (Å²) >= 11 is 10.6. The molecule has 6 rings (SSSR count). The molecule has 41 heavy (non-hydrogen) atoms. The third-order valence-corrected chi connectivity index (χ3v) is 8.43. The Morgan fingerprint density at radius 2 is 1.73 bits per heavy atom. The van der Waals surface area contributed by atoms with E-state index in [1.54, 1.807) is 36.5 Å². The number of hydrogen-bond acceptors (Lipinski definition) is 6. The lowest BCUT2D eigenvalue weighted by Gasteiger charge is -2.26. The molecule has 2 aromatic heterocycles. The highest BCUT2D eigenvalue weighted by atomic mass is 79.9. The van der Waals surface area contributed by atoms with E-state index >= 15 is 0 Å². The Bertz CT molecular complexity index is 1730. The van der Waals surface area contributed by atoms with Crippen LogP contribution in [0.1, 0.15) is 23.5 Å². The van der Waals surface area contributed by atoms with Gasteiger partial charge in [0.05, 0.1) is 22.2 Å². The third-order valence-electron chi connectivity index (χ3n) is 6.61. The van der Waals surface area contributed by atoms with E-state index in [1.165, 1.54) is 30.0 Å². The number of nitro groups is 1. The molecule has 1 N–H and O–H groups in total. The van der Waals surface area contributed by atoms with Gasteiger partial charge in [0.15, 0.2) is 5.11 Å². The second-order valence-corrected chi connectivity index (χ2v) is 11.6. The Hall–Kier alpha value is -4.06. The van der Waals surface area contributed by atoms with E-state index in [9.17, 15) is 14.5 Å². The summed E-state index contributed by atoms with van der Waals surface area (Å²) in [7, 11) is 0. The molecule has 1 aliphatic rings. The van der Waals surface area contributed by atoms with E-state index in [0.29, 0.717) is 26.7 Å². The first-order chi connectivity index (χ1) is 19.9. The topological polar surface area (TPSA) is 84.4 Å². The maximum atomic E-state index is 14.7. The molecule has 0 bridgehead atoms. The smallest absolute Gasteiger partial charge is 0.269 e. The van der Waals surface area contributed by atoms with Crippen molar-refractivity contribution in [1.29, 1.82) is 0 Å². The first-order valence-electron chi connectivity index (χ1n) is 12.5. The molecule has 0 radical (unpaired) electrons. The van der Waals surface area contributed by atoms with E-state index in [-0.39, 0.29) is 17.5 Å². The average Bonchev–Trinajstić information content (AvgIpc) is 3.59. The Balaban J connectivity index is 1.33. The first kappa shape index (κ1) is 27.1. The summed E-state index contributed by atoms with van der Waals surface area (Å²) < 4.78 is 21.7. The SMILES string of the molecule is O=[N+]([O-])c1ccc(Sc2ccc(N3C(=S)N[C@H](c4ccccn4)[C@H]3c3ccc(-c4ccc(Br)cc4F)o3)cc2)cc1. The molecular formula is C30H20BrFN4O3S2. The summed E-state index contributed by atoms with van der Waals surface area (Å²) in [6.07, 6.45) is 1.73. The standard InChI is InChI=1S/C30H20BrFN4O3S2/c31-18-4-13-23(24(32)17-18)26-14-15-27(39-26)29-28(25-3-1-2-16-33-25)34-30(40)35(29)19-5-9-21(10-6-19)41-22-11-7-20(8-12-22)36(37)38/h1-17,28-29H,(H,34,40)/t28-,29-/m1/s1. The van der Waals surface area contributed by atoms with Gasteiger partial charge in [0.2, 0.25) is 0 Å². The number of nitrogens with one attached hydrogen (secondary N) is 1. The lowest BCUT2D eigenvalue weighted by atomic mass is 10.0. The maximum Gasteiger partial charge on any atom is 0.269 e. The van der Waals surface area contributed by atoms with Gasteiger partial charge in [0.1, 0.15) is 23.4 Å². The van der Waals surface area contributed by atoms with Gasteiger partial charge >= 0.3 is 0 Å².